The van der Waals surface area contributed by atoms with Gasteiger partial charge in [-0.25, -0.2) is 4.98 Å². The third-order valence-corrected chi connectivity index (χ3v) is 6.50. The van der Waals surface area contributed by atoms with Crippen LogP contribution in [0, 0.1) is 6.92 Å². The van der Waals surface area contributed by atoms with Crippen molar-refractivity contribution in [3.05, 3.63) is 79.7 Å². The van der Waals surface area contributed by atoms with Crippen molar-refractivity contribution in [1.29, 1.82) is 0 Å². The monoisotopic (exact) mass is 466 g/mol. The van der Waals surface area contributed by atoms with E-state index in [4.69, 9.17) is 4.74 Å². The van der Waals surface area contributed by atoms with E-state index in [-0.39, 0.29) is 23.1 Å². The van der Waals surface area contributed by atoms with E-state index in [1.165, 1.54) is 13.2 Å². The Morgan fingerprint density at radius 3 is 2.73 bits per heavy atom. The lowest BCUT2D eigenvalue weighted by molar-refractivity contribution is 0.0752. The zero-order valence-electron chi connectivity index (χ0n) is 18.9. The van der Waals surface area contributed by atoms with Crippen molar-refractivity contribution in [3.63, 3.8) is 0 Å². The molecule has 4 rings (SSSR count). The summed E-state index contributed by atoms with van der Waals surface area (Å²) in [6, 6.07) is 8.67. The Bertz CT molecular complexity index is 1240. The number of ether oxygens (including phenoxy) is 1. The molecule has 33 heavy (non-hydrogen) atoms. The standard InChI is InChI=1S/C24H26N4O4S/c1-16-5-4-6-18(25-16)23(30)27-9-7-19-22(20(32-3)13-21(29)28(19)11-10-27)24(31)26(2)14-17-8-12-33-15-17/h4-6,8,12-13,15H,7,9-11,14H2,1-3H3. The van der Waals surface area contributed by atoms with Crippen LogP contribution in [0.3, 0.4) is 0 Å². The van der Waals surface area contributed by atoms with E-state index in [1.807, 2.05) is 29.8 Å². The van der Waals surface area contributed by atoms with Crippen LogP contribution >= 0.6 is 11.3 Å². The third kappa shape index (κ3) is 4.68. The molecule has 0 spiro atoms. The summed E-state index contributed by atoms with van der Waals surface area (Å²) in [5.41, 5.74) is 2.89. The van der Waals surface area contributed by atoms with Crippen LogP contribution in [-0.4, -0.2) is 58.4 Å². The first kappa shape index (κ1) is 22.7. The lowest BCUT2D eigenvalue weighted by Crippen LogP contribution is -2.34. The van der Waals surface area contributed by atoms with Gasteiger partial charge in [0, 0.05) is 57.1 Å². The Kier molecular flexibility index (Phi) is 6.60. The van der Waals surface area contributed by atoms with Crippen LogP contribution in [0.2, 0.25) is 0 Å². The minimum atomic E-state index is -0.248. The minimum absolute atomic E-state index is 0.186. The summed E-state index contributed by atoms with van der Waals surface area (Å²) in [5.74, 6) is -0.149. The molecule has 0 N–H and O–H groups in total. The van der Waals surface area contributed by atoms with E-state index in [2.05, 4.69) is 4.98 Å². The number of methoxy groups -OCH3 is 1. The van der Waals surface area contributed by atoms with Crippen molar-refractivity contribution < 1.29 is 14.3 Å². The highest BCUT2D eigenvalue weighted by Gasteiger charge is 2.28. The predicted octanol–water partition coefficient (Wildman–Crippen LogP) is 2.59. The summed E-state index contributed by atoms with van der Waals surface area (Å²) in [6.45, 7) is 3.31. The number of amides is 2. The fourth-order valence-electron chi connectivity index (χ4n) is 4.09. The highest BCUT2D eigenvalue weighted by atomic mass is 32.1. The summed E-state index contributed by atoms with van der Waals surface area (Å²) < 4.78 is 7.04. The molecule has 4 heterocycles. The molecule has 0 unspecified atom stereocenters. The Hall–Kier alpha value is -3.46. The van der Waals surface area contributed by atoms with E-state index >= 15 is 0 Å². The third-order valence-electron chi connectivity index (χ3n) is 5.77. The SMILES string of the molecule is COc1cc(=O)n2c(c1C(=O)N(C)Cc1ccsc1)CCN(C(=O)c1cccc(C)n1)CC2. The van der Waals surface area contributed by atoms with Crippen molar-refractivity contribution >= 4 is 23.2 Å². The maximum absolute atomic E-state index is 13.5. The van der Waals surface area contributed by atoms with Gasteiger partial charge >= 0.3 is 0 Å². The topological polar surface area (TPSA) is 84.7 Å². The lowest BCUT2D eigenvalue weighted by atomic mass is 10.1. The van der Waals surface area contributed by atoms with Crippen LogP contribution in [0.5, 0.6) is 5.75 Å². The number of carbonyl (C=O) groups is 2. The van der Waals surface area contributed by atoms with Crippen LogP contribution in [0.4, 0.5) is 0 Å². The predicted molar refractivity (Wildman–Crippen MR) is 126 cm³/mol. The molecule has 0 saturated heterocycles. The van der Waals surface area contributed by atoms with Gasteiger partial charge in [0.05, 0.1) is 7.11 Å². The molecule has 3 aromatic heterocycles. The van der Waals surface area contributed by atoms with Gasteiger partial charge in [-0.3, -0.25) is 14.4 Å². The van der Waals surface area contributed by atoms with E-state index in [0.29, 0.717) is 49.6 Å². The van der Waals surface area contributed by atoms with E-state index < -0.39 is 0 Å². The maximum atomic E-state index is 13.5. The van der Waals surface area contributed by atoms with Gasteiger partial charge in [0.25, 0.3) is 17.4 Å². The largest absolute Gasteiger partial charge is 0.496 e. The number of pyridine rings is 2. The fraction of sp³-hybridized carbons (Fsp3) is 0.333. The first-order valence-corrected chi connectivity index (χ1v) is 11.6. The Balaban J connectivity index is 1.65. The first-order valence-electron chi connectivity index (χ1n) is 10.7. The van der Waals surface area contributed by atoms with Crippen molar-refractivity contribution in [3.8, 4) is 5.75 Å². The minimum Gasteiger partial charge on any atom is -0.496 e. The van der Waals surface area contributed by atoms with Gasteiger partial charge in [-0.2, -0.15) is 11.3 Å². The molecule has 9 heteroatoms. The molecule has 3 aromatic rings. The molecule has 1 aliphatic heterocycles. The molecule has 0 saturated carbocycles. The highest BCUT2D eigenvalue weighted by molar-refractivity contribution is 7.07. The second-order valence-corrected chi connectivity index (χ2v) is 8.80. The molecular weight excluding hydrogens is 440 g/mol. The number of hydrogen-bond acceptors (Lipinski definition) is 6. The van der Waals surface area contributed by atoms with Crippen LogP contribution in [0.15, 0.2) is 45.9 Å². The fourth-order valence-corrected chi connectivity index (χ4v) is 4.75. The summed E-state index contributed by atoms with van der Waals surface area (Å²) in [5, 5.41) is 3.97. The summed E-state index contributed by atoms with van der Waals surface area (Å²) in [4.78, 5) is 47.0. The van der Waals surface area contributed by atoms with Gasteiger partial charge in [-0.1, -0.05) is 6.07 Å². The van der Waals surface area contributed by atoms with Gasteiger partial charge in [0.2, 0.25) is 0 Å². The number of hydrogen-bond donors (Lipinski definition) is 0. The molecule has 0 fully saturated rings. The lowest BCUT2D eigenvalue weighted by Gasteiger charge is -2.22. The van der Waals surface area contributed by atoms with Crippen molar-refractivity contribution in [2.75, 3.05) is 27.2 Å². The van der Waals surface area contributed by atoms with Gasteiger partial charge in [0.15, 0.2) is 0 Å². The highest BCUT2D eigenvalue weighted by Crippen LogP contribution is 2.25. The Morgan fingerprint density at radius 1 is 1.21 bits per heavy atom. The van der Waals surface area contributed by atoms with Crippen LogP contribution in [0.1, 0.15) is 37.8 Å². The molecule has 2 amide bonds. The average molecular weight is 467 g/mol. The summed E-state index contributed by atoms with van der Waals surface area (Å²) >= 11 is 1.58. The van der Waals surface area contributed by atoms with Gasteiger partial charge in [-0.05, 0) is 41.4 Å². The van der Waals surface area contributed by atoms with E-state index in [9.17, 15) is 14.4 Å². The van der Waals surface area contributed by atoms with Gasteiger partial charge in [-0.15, -0.1) is 0 Å². The number of thiophene rings is 1. The molecule has 0 radical (unpaired) electrons. The number of rotatable bonds is 5. The zero-order chi connectivity index (χ0) is 23.5. The average Bonchev–Trinajstić information content (AvgIpc) is 3.21. The molecule has 0 aromatic carbocycles. The molecule has 172 valence electrons. The Labute approximate surface area is 196 Å². The van der Waals surface area contributed by atoms with Crippen LogP contribution in [-0.2, 0) is 19.5 Å². The molecule has 1 aliphatic rings. The second-order valence-electron chi connectivity index (χ2n) is 8.02. The summed E-state index contributed by atoms with van der Waals surface area (Å²) in [6.07, 6.45) is 0.358. The van der Waals surface area contributed by atoms with Crippen molar-refractivity contribution in [2.24, 2.45) is 0 Å². The zero-order valence-corrected chi connectivity index (χ0v) is 19.7. The van der Waals surface area contributed by atoms with E-state index in [0.717, 1.165) is 11.3 Å². The normalized spacial score (nSPS) is 13.2. The number of aryl methyl sites for hydroxylation is 1. The maximum Gasteiger partial charge on any atom is 0.272 e. The molecule has 0 atom stereocenters. The number of fused-ring (bicyclic) bond motifs is 1. The van der Waals surface area contributed by atoms with Gasteiger partial charge < -0.3 is 19.1 Å². The van der Waals surface area contributed by atoms with Crippen LogP contribution in [0.25, 0.3) is 0 Å². The number of aromatic nitrogens is 2. The van der Waals surface area contributed by atoms with Gasteiger partial charge in [0.1, 0.15) is 17.0 Å². The summed E-state index contributed by atoms with van der Waals surface area (Å²) in [7, 11) is 3.19. The molecular formula is C24H26N4O4S. The molecule has 8 nitrogen and oxygen atoms in total. The van der Waals surface area contributed by atoms with Crippen molar-refractivity contribution in [2.45, 2.75) is 26.4 Å². The quantitative estimate of drug-likeness (QED) is 0.577. The van der Waals surface area contributed by atoms with Crippen LogP contribution < -0.4 is 10.3 Å². The molecule has 0 bridgehead atoms. The first-order chi connectivity index (χ1) is 15.9. The Morgan fingerprint density at radius 2 is 2.03 bits per heavy atom. The van der Waals surface area contributed by atoms with Crippen molar-refractivity contribution in [1.82, 2.24) is 19.4 Å². The molecule has 0 aliphatic carbocycles. The second kappa shape index (κ2) is 9.58. The number of nitrogens with zero attached hydrogens (tertiary/aromatic N) is 4. The van der Waals surface area contributed by atoms with E-state index in [1.54, 1.807) is 44.9 Å². The smallest absolute Gasteiger partial charge is 0.272 e. The number of carbonyl (C=O) groups excluding carboxylic acids is 2.